The van der Waals surface area contributed by atoms with E-state index in [1.54, 1.807) is 12.1 Å². The Morgan fingerprint density at radius 2 is 1.72 bits per heavy atom. The first-order chi connectivity index (χ1) is 28.3. The van der Waals surface area contributed by atoms with Gasteiger partial charge in [0.25, 0.3) is 0 Å². The number of rotatable bonds is 13. The Morgan fingerprint density at radius 1 is 0.931 bits per heavy atom. The molecule has 5 N–H and O–H groups in total. The van der Waals surface area contributed by atoms with Crippen LogP contribution in [0.25, 0.3) is 12.2 Å². The zero-order valence-corrected chi connectivity index (χ0v) is 34.1. The molecule has 58 heavy (non-hydrogen) atoms. The first-order valence-corrected chi connectivity index (χ1v) is 22.4. The van der Waals surface area contributed by atoms with E-state index in [4.69, 9.17) is 5.73 Å². The second kappa shape index (κ2) is 17.9. The summed E-state index contributed by atoms with van der Waals surface area (Å²) in [5, 5.41) is 35.3. The van der Waals surface area contributed by atoms with Crippen molar-refractivity contribution in [3.8, 4) is 5.75 Å². The van der Waals surface area contributed by atoms with Gasteiger partial charge in [-0.05, 0) is 158 Å². The molecule has 8 rings (SSSR count). The van der Waals surface area contributed by atoms with Gasteiger partial charge in [0.2, 0.25) is 0 Å². The number of carbonyl (C=O) groups is 2. The smallest absolute Gasteiger partial charge is 0.308 e. The largest absolute Gasteiger partial charge is 0.508 e. The minimum absolute atomic E-state index is 0.0637. The van der Waals surface area contributed by atoms with Crippen molar-refractivity contribution in [1.29, 1.82) is 0 Å². The molecule has 0 amide bonds. The number of allylic oxidation sites excluding steroid dienone is 2. The first kappa shape index (κ1) is 40.5. The van der Waals surface area contributed by atoms with Crippen molar-refractivity contribution in [3.63, 3.8) is 0 Å². The van der Waals surface area contributed by atoms with E-state index in [0.29, 0.717) is 18.4 Å². The van der Waals surface area contributed by atoms with E-state index < -0.39 is 23.2 Å². The molecule has 0 unspecified atom stereocenters. The fourth-order valence-electron chi connectivity index (χ4n) is 12.5. The minimum atomic E-state index is -0.807. The molecule has 3 aromatic rings. The second-order valence-electron chi connectivity index (χ2n) is 18.5. The third-order valence-corrected chi connectivity index (χ3v) is 15.3. The number of aldehydes is 1. The summed E-state index contributed by atoms with van der Waals surface area (Å²) >= 11 is 0. The van der Waals surface area contributed by atoms with Crippen molar-refractivity contribution in [1.82, 2.24) is 0 Å². The zero-order chi connectivity index (χ0) is 40.2. The molecule has 2 bridgehead atoms. The number of benzene rings is 3. The number of phenolic OH excluding ortho intramolecular Hbond substituents is 1. The molecule has 1 spiro atoms. The van der Waals surface area contributed by atoms with Crippen LogP contribution in [-0.2, 0) is 27.8 Å². The number of aryl methyl sites for hydroxylation is 1. The topological polar surface area (TPSA) is 121 Å². The molecule has 3 aromatic carbocycles. The predicted molar refractivity (Wildman–Crippen MR) is 231 cm³/mol. The van der Waals surface area contributed by atoms with Crippen LogP contribution in [-0.4, -0.2) is 40.7 Å². The van der Waals surface area contributed by atoms with Crippen molar-refractivity contribution in [3.05, 3.63) is 123 Å². The number of carboxylic acid groups (broad SMARTS) is 1. The number of hydrogen-bond donors (Lipinski definition) is 4. The fourth-order valence-corrected chi connectivity index (χ4v) is 12.5. The van der Waals surface area contributed by atoms with E-state index in [9.17, 15) is 24.9 Å². The quantitative estimate of drug-likeness (QED) is 0.0790. The summed E-state index contributed by atoms with van der Waals surface area (Å²) < 4.78 is 0. The normalized spacial score (nSPS) is 30.5. The van der Waals surface area contributed by atoms with Gasteiger partial charge in [-0.3, -0.25) is 4.79 Å². The van der Waals surface area contributed by atoms with Crippen LogP contribution in [0.3, 0.4) is 0 Å². The Bertz CT molecular complexity index is 2120. The lowest BCUT2D eigenvalue weighted by Crippen LogP contribution is -2.56. The van der Waals surface area contributed by atoms with Gasteiger partial charge in [0.1, 0.15) is 12.0 Å². The van der Waals surface area contributed by atoms with Crippen molar-refractivity contribution in [2.75, 3.05) is 13.2 Å². The number of hydrogen-bond acceptors (Lipinski definition) is 5. The van der Waals surface area contributed by atoms with Crippen LogP contribution in [0.1, 0.15) is 105 Å². The SMILES string of the molecule is NCCC1=C[C@H]([C@@H](C=O)CCCCC[C@@H]2CC=C[C@H](CO)[C@H](C(=O)O)[C@@]34C[C@H]5C=c6ccccc6=C[C@@H]5C[C@@H]3CCc3ccc(cc34)C[C@@H]2c2ccc(O)cc2)CC1. The first-order valence-electron chi connectivity index (χ1n) is 22.4. The van der Waals surface area contributed by atoms with Gasteiger partial charge in [0, 0.05) is 17.3 Å². The fraction of sp³-hybridized carbons (Fsp3) is 0.500. The molecule has 1 saturated carbocycles. The summed E-state index contributed by atoms with van der Waals surface area (Å²) in [5.74, 6) is -0.199. The van der Waals surface area contributed by atoms with Crippen LogP contribution in [0.15, 0.2) is 90.5 Å². The van der Waals surface area contributed by atoms with Gasteiger partial charge >= 0.3 is 5.97 Å². The molecule has 6 heteroatoms. The van der Waals surface area contributed by atoms with Crippen LogP contribution < -0.4 is 16.2 Å². The number of aliphatic hydroxyl groups excluding tert-OH is 1. The molecular weight excluding hydrogens is 719 g/mol. The van der Waals surface area contributed by atoms with Crippen molar-refractivity contribution in [2.24, 2.45) is 53.1 Å². The van der Waals surface area contributed by atoms with Gasteiger partial charge < -0.3 is 25.8 Å². The molecule has 0 heterocycles. The summed E-state index contributed by atoms with van der Waals surface area (Å²) in [6, 6.07) is 23.3. The van der Waals surface area contributed by atoms with Gasteiger partial charge in [-0.2, -0.15) is 0 Å². The Kier molecular flexibility index (Phi) is 12.5. The summed E-state index contributed by atoms with van der Waals surface area (Å²) in [6.07, 6.45) is 25.8. The lowest BCUT2D eigenvalue weighted by atomic mass is 9.46. The van der Waals surface area contributed by atoms with Crippen LogP contribution in [0.4, 0.5) is 0 Å². The lowest BCUT2D eigenvalue weighted by molar-refractivity contribution is -0.150. The second-order valence-corrected chi connectivity index (χ2v) is 18.5. The number of aromatic hydroxyl groups is 1. The molecule has 0 aromatic heterocycles. The molecule has 10 atom stereocenters. The standard InChI is InChI=1S/C52H63NO5/c53-24-23-34-13-16-41(25-34)42(32-54)10-3-1-2-7-36-11-6-12-43(33-55)50(51(57)58)52-31-45-29-40-9-5-4-8-39(40)28-44(45)30-46(52)20-17-38-15-14-35(27-49(38)52)26-48(36)37-18-21-47(56)22-19-37/h4-6,8-9,12,14-15,18-19,21-22,25,27-29,32,36,41-46,48,50,55-56H,1-3,7,10-11,13,16-17,20,23-24,26,30-31,33,53H2,(H,57,58)/t36-,41-,42-,43-,44-,45-,46+,48+,50-,52+/m1/s1. The summed E-state index contributed by atoms with van der Waals surface area (Å²) in [4.78, 5) is 26.0. The highest BCUT2D eigenvalue weighted by Gasteiger charge is 2.58. The van der Waals surface area contributed by atoms with Crippen LogP contribution in [0.5, 0.6) is 5.75 Å². The van der Waals surface area contributed by atoms with Crippen LogP contribution >= 0.6 is 0 Å². The lowest BCUT2D eigenvalue weighted by Gasteiger charge is -2.56. The molecule has 5 aliphatic rings. The van der Waals surface area contributed by atoms with Crippen molar-refractivity contribution >= 4 is 24.4 Å². The Hall–Kier alpha value is -4.26. The maximum Gasteiger partial charge on any atom is 0.308 e. The molecule has 0 saturated heterocycles. The van der Waals surface area contributed by atoms with Gasteiger partial charge in [-0.1, -0.05) is 110 Å². The third kappa shape index (κ3) is 8.16. The average molecular weight is 782 g/mol. The third-order valence-electron chi connectivity index (χ3n) is 15.3. The van der Waals surface area contributed by atoms with Crippen molar-refractivity contribution < 1.29 is 24.9 Å². The number of nitrogens with two attached hydrogens (primary N) is 1. The molecular formula is C52H63NO5. The number of fused-ring (bicyclic) bond motifs is 3. The van der Waals surface area contributed by atoms with Crippen molar-refractivity contribution in [2.45, 2.75) is 101 Å². The Labute approximate surface area is 344 Å². The van der Waals surface area contributed by atoms with Gasteiger partial charge in [0.05, 0.1) is 12.5 Å². The number of phenols is 1. The number of carbonyl (C=O) groups excluding carboxylic acids is 1. The molecule has 5 aliphatic carbocycles. The van der Waals surface area contributed by atoms with Crippen LogP contribution in [0, 0.1) is 47.3 Å². The number of aliphatic carboxylic acids is 1. The minimum Gasteiger partial charge on any atom is -0.508 e. The number of carboxylic acids is 1. The monoisotopic (exact) mass is 781 g/mol. The van der Waals surface area contributed by atoms with E-state index in [2.05, 4.69) is 85.0 Å². The Morgan fingerprint density at radius 3 is 2.47 bits per heavy atom. The predicted octanol–water partition coefficient (Wildman–Crippen LogP) is 8.16. The van der Waals surface area contributed by atoms with E-state index in [1.807, 2.05) is 0 Å². The summed E-state index contributed by atoms with van der Waals surface area (Å²) in [6.45, 7) is 0.451. The van der Waals surface area contributed by atoms with E-state index in [-0.39, 0.29) is 41.9 Å². The highest BCUT2D eigenvalue weighted by molar-refractivity contribution is 5.74. The van der Waals surface area contributed by atoms with Gasteiger partial charge in [-0.15, -0.1) is 0 Å². The molecule has 1 fully saturated rings. The Balaban J connectivity index is 1.11. The summed E-state index contributed by atoms with van der Waals surface area (Å²) in [7, 11) is 0. The zero-order valence-electron chi connectivity index (χ0n) is 34.1. The maximum atomic E-state index is 13.9. The average Bonchev–Trinajstić information content (AvgIpc) is 3.69. The van der Waals surface area contributed by atoms with E-state index in [0.717, 1.165) is 89.9 Å². The van der Waals surface area contributed by atoms with Crippen LogP contribution in [0.2, 0.25) is 0 Å². The summed E-state index contributed by atoms with van der Waals surface area (Å²) in [5.41, 5.74) is 11.5. The molecule has 0 radical (unpaired) electrons. The maximum absolute atomic E-state index is 13.9. The number of unbranched alkanes of at least 4 members (excludes halogenated alkanes) is 2. The molecule has 306 valence electrons. The molecule has 0 aliphatic heterocycles. The van der Waals surface area contributed by atoms with E-state index in [1.165, 1.54) is 44.6 Å². The molecule has 6 nitrogen and oxygen atoms in total. The highest BCUT2D eigenvalue weighted by Crippen LogP contribution is 2.60. The number of aliphatic hydroxyl groups is 1. The van der Waals surface area contributed by atoms with E-state index >= 15 is 0 Å². The van der Waals surface area contributed by atoms with Gasteiger partial charge in [0.15, 0.2) is 0 Å². The highest BCUT2D eigenvalue weighted by atomic mass is 16.4. The van der Waals surface area contributed by atoms with Gasteiger partial charge in [-0.25, -0.2) is 0 Å².